The molecule has 0 fully saturated rings. The molecule has 0 saturated carbocycles. The van der Waals surface area contributed by atoms with Gasteiger partial charge in [-0.1, -0.05) is 0 Å². The summed E-state index contributed by atoms with van der Waals surface area (Å²) in [5, 5.41) is 19.9. The van der Waals surface area contributed by atoms with Crippen molar-refractivity contribution in [2.24, 2.45) is 5.84 Å². The molecule has 1 aromatic carbocycles. The van der Waals surface area contributed by atoms with Crippen molar-refractivity contribution < 1.29 is 18.4 Å². The number of sulfonamides is 1. The molecule has 0 saturated heterocycles. The van der Waals surface area contributed by atoms with Gasteiger partial charge in [-0.3, -0.25) is 16.0 Å². The zero-order valence-electron chi connectivity index (χ0n) is 11.0. The first-order chi connectivity index (χ1) is 9.20. The van der Waals surface area contributed by atoms with E-state index in [1.165, 1.54) is 14.0 Å². The van der Waals surface area contributed by atoms with Crippen LogP contribution in [0.15, 0.2) is 23.1 Å². The molecule has 0 amide bonds. The van der Waals surface area contributed by atoms with Crippen LogP contribution in [0.2, 0.25) is 0 Å². The van der Waals surface area contributed by atoms with Gasteiger partial charge in [-0.2, -0.15) is 4.31 Å². The predicted molar refractivity (Wildman–Crippen MR) is 72.4 cm³/mol. The highest BCUT2D eigenvalue weighted by molar-refractivity contribution is 7.89. The summed E-state index contributed by atoms with van der Waals surface area (Å²) in [7, 11) is -2.62. The Morgan fingerprint density at radius 2 is 2.15 bits per heavy atom. The topological polar surface area (TPSA) is 139 Å². The predicted octanol–water partition coefficient (Wildman–Crippen LogP) is -0.118. The van der Waals surface area contributed by atoms with E-state index in [1.54, 1.807) is 0 Å². The fraction of sp³-hybridized carbons (Fsp3) is 0.400. The summed E-state index contributed by atoms with van der Waals surface area (Å²) in [6.45, 7) is 1.34. The lowest BCUT2D eigenvalue weighted by molar-refractivity contribution is -0.384. The third-order valence-corrected chi connectivity index (χ3v) is 4.42. The molecular formula is C10H16N4O5S. The number of nitrogens with two attached hydrogens (primary N) is 1. The number of hydrazine groups is 1. The lowest BCUT2D eigenvalue weighted by Gasteiger charge is -2.20. The molecule has 1 unspecified atom stereocenters. The number of nitrogen functional groups attached to an aromatic ring is 1. The van der Waals surface area contributed by atoms with Crippen molar-refractivity contribution in [1.82, 2.24) is 4.31 Å². The summed E-state index contributed by atoms with van der Waals surface area (Å²) >= 11 is 0. The zero-order valence-corrected chi connectivity index (χ0v) is 11.8. The largest absolute Gasteiger partial charge is 0.392 e. The minimum absolute atomic E-state index is 0.0864. The van der Waals surface area contributed by atoms with Gasteiger partial charge in [0.2, 0.25) is 10.0 Å². The Morgan fingerprint density at radius 3 is 2.60 bits per heavy atom. The first-order valence-electron chi connectivity index (χ1n) is 5.59. The third-order valence-electron chi connectivity index (χ3n) is 2.54. The van der Waals surface area contributed by atoms with Crippen molar-refractivity contribution >= 4 is 21.4 Å². The van der Waals surface area contributed by atoms with E-state index in [9.17, 15) is 23.6 Å². The molecule has 0 aromatic heterocycles. The molecule has 1 atom stereocenters. The van der Waals surface area contributed by atoms with Crippen LogP contribution in [-0.4, -0.2) is 42.4 Å². The van der Waals surface area contributed by atoms with Crippen LogP contribution in [0, 0.1) is 10.1 Å². The number of nitro groups is 1. The van der Waals surface area contributed by atoms with Crippen molar-refractivity contribution in [3.8, 4) is 0 Å². The quantitative estimate of drug-likeness (QED) is 0.378. The highest BCUT2D eigenvalue weighted by Crippen LogP contribution is 2.27. The minimum atomic E-state index is -3.91. The molecule has 0 spiro atoms. The SMILES string of the molecule is CC(O)CN(C)S(=O)(=O)c1ccc([N+](=O)[O-])cc1NN. The number of aliphatic hydroxyl groups is 1. The summed E-state index contributed by atoms with van der Waals surface area (Å²) in [4.78, 5) is 9.80. The van der Waals surface area contributed by atoms with Crippen LogP contribution in [0.5, 0.6) is 0 Å². The fourth-order valence-electron chi connectivity index (χ4n) is 1.61. The molecule has 0 radical (unpaired) electrons. The monoisotopic (exact) mass is 304 g/mol. The standard InChI is InChI=1S/C10H16N4O5S/c1-7(15)6-13(2)20(18,19)10-4-3-8(14(16)17)5-9(10)12-11/h3-5,7,12,15H,6,11H2,1-2H3. The fourth-order valence-corrected chi connectivity index (χ4v) is 2.99. The second-order valence-electron chi connectivity index (χ2n) is 4.22. The molecular weight excluding hydrogens is 288 g/mol. The number of nitro benzene ring substituents is 1. The molecule has 0 heterocycles. The van der Waals surface area contributed by atoms with Gasteiger partial charge in [0.1, 0.15) is 4.90 Å². The maximum atomic E-state index is 12.3. The first-order valence-corrected chi connectivity index (χ1v) is 7.03. The van der Waals surface area contributed by atoms with E-state index in [-0.39, 0.29) is 22.8 Å². The Morgan fingerprint density at radius 1 is 1.55 bits per heavy atom. The highest BCUT2D eigenvalue weighted by atomic mass is 32.2. The van der Waals surface area contributed by atoms with Crippen LogP contribution < -0.4 is 11.3 Å². The van der Waals surface area contributed by atoms with Crippen LogP contribution in [-0.2, 0) is 10.0 Å². The summed E-state index contributed by atoms with van der Waals surface area (Å²) in [6, 6.07) is 3.20. The zero-order chi connectivity index (χ0) is 15.5. The number of hydrogen-bond donors (Lipinski definition) is 3. The lowest BCUT2D eigenvalue weighted by Crippen LogP contribution is -2.33. The molecule has 0 aliphatic rings. The van der Waals surface area contributed by atoms with E-state index < -0.39 is 21.1 Å². The molecule has 10 heteroatoms. The second-order valence-corrected chi connectivity index (χ2v) is 6.23. The number of aliphatic hydroxyl groups excluding tert-OH is 1. The van der Waals surface area contributed by atoms with Gasteiger partial charge in [0.05, 0.1) is 16.7 Å². The molecule has 0 aliphatic carbocycles. The van der Waals surface area contributed by atoms with Crippen LogP contribution in [0.25, 0.3) is 0 Å². The Labute approximate surface area is 116 Å². The number of rotatable bonds is 6. The second kappa shape index (κ2) is 6.13. The molecule has 0 aliphatic heterocycles. The molecule has 1 rings (SSSR count). The molecule has 4 N–H and O–H groups in total. The van der Waals surface area contributed by atoms with Gasteiger partial charge < -0.3 is 10.5 Å². The van der Waals surface area contributed by atoms with Gasteiger partial charge in [-0.15, -0.1) is 0 Å². The molecule has 9 nitrogen and oxygen atoms in total. The molecule has 0 bridgehead atoms. The van der Waals surface area contributed by atoms with Crippen molar-refractivity contribution in [3.63, 3.8) is 0 Å². The van der Waals surface area contributed by atoms with Crippen LogP contribution >= 0.6 is 0 Å². The smallest absolute Gasteiger partial charge is 0.271 e. The number of hydrogen-bond acceptors (Lipinski definition) is 7. The number of benzene rings is 1. The summed E-state index contributed by atoms with van der Waals surface area (Å²) in [6.07, 6.45) is -0.845. The number of nitrogens with one attached hydrogen (secondary N) is 1. The highest BCUT2D eigenvalue weighted by Gasteiger charge is 2.26. The van der Waals surface area contributed by atoms with Crippen molar-refractivity contribution in [2.75, 3.05) is 19.0 Å². The Balaban J connectivity index is 3.28. The van der Waals surface area contributed by atoms with Crippen LogP contribution in [0.1, 0.15) is 6.92 Å². The van der Waals surface area contributed by atoms with Gasteiger partial charge >= 0.3 is 0 Å². The summed E-state index contributed by atoms with van der Waals surface area (Å²) < 4.78 is 25.5. The Hall–Kier alpha value is -1.75. The van der Waals surface area contributed by atoms with Gasteiger partial charge in [0, 0.05) is 25.7 Å². The van der Waals surface area contributed by atoms with Gasteiger partial charge in [-0.05, 0) is 13.0 Å². The van der Waals surface area contributed by atoms with Crippen LogP contribution in [0.3, 0.4) is 0 Å². The Bertz CT molecular complexity index is 602. The van der Waals surface area contributed by atoms with E-state index in [1.807, 2.05) is 0 Å². The average Bonchev–Trinajstić information content (AvgIpc) is 2.36. The number of likely N-dealkylation sites (N-methyl/N-ethyl adjacent to an activating group) is 1. The number of anilines is 1. The maximum absolute atomic E-state index is 12.3. The van der Waals surface area contributed by atoms with E-state index in [0.29, 0.717) is 0 Å². The van der Waals surface area contributed by atoms with E-state index in [4.69, 9.17) is 5.84 Å². The minimum Gasteiger partial charge on any atom is -0.392 e. The van der Waals surface area contributed by atoms with E-state index >= 15 is 0 Å². The molecule has 112 valence electrons. The van der Waals surface area contributed by atoms with Crippen molar-refractivity contribution in [2.45, 2.75) is 17.9 Å². The number of non-ortho nitro benzene ring substituents is 1. The van der Waals surface area contributed by atoms with Gasteiger partial charge in [0.15, 0.2) is 0 Å². The average molecular weight is 304 g/mol. The molecule has 1 aromatic rings. The molecule has 20 heavy (non-hydrogen) atoms. The third kappa shape index (κ3) is 3.42. The normalized spacial score (nSPS) is 13.2. The summed E-state index contributed by atoms with van der Waals surface area (Å²) in [5.41, 5.74) is 1.76. The maximum Gasteiger partial charge on any atom is 0.271 e. The number of nitrogens with zero attached hydrogens (tertiary/aromatic N) is 2. The summed E-state index contributed by atoms with van der Waals surface area (Å²) in [5.74, 6) is 5.21. The van der Waals surface area contributed by atoms with Crippen molar-refractivity contribution in [3.05, 3.63) is 28.3 Å². The lowest BCUT2D eigenvalue weighted by atomic mass is 10.3. The van der Waals surface area contributed by atoms with E-state index in [2.05, 4.69) is 5.43 Å². The first kappa shape index (κ1) is 16.3. The van der Waals surface area contributed by atoms with Crippen LogP contribution in [0.4, 0.5) is 11.4 Å². The van der Waals surface area contributed by atoms with Gasteiger partial charge in [0.25, 0.3) is 5.69 Å². The van der Waals surface area contributed by atoms with E-state index in [0.717, 1.165) is 22.5 Å². The van der Waals surface area contributed by atoms with Crippen molar-refractivity contribution in [1.29, 1.82) is 0 Å². The van der Waals surface area contributed by atoms with Gasteiger partial charge in [-0.25, -0.2) is 8.42 Å². The Kier molecular flexibility index (Phi) is 5.00.